The second kappa shape index (κ2) is 6.28. The van der Waals surface area contributed by atoms with Crippen molar-refractivity contribution in [1.29, 1.82) is 0 Å². The van der Waals surface area contributed by atoms with Gasteiger partial charge in [-0.05, 0) is 32.9 Å². The van der Waals surface area contributed by atoms with Crippen molar-refractivity contribution >= 4 is 16.9 Å². The van der Waals surface area contributed by atoms with Crippen LogP contribution in [0.25, 0.3) is 11.0 Å². The van der Waals surface area contributed by atoms with E-state index in [1.807, 2.05) is 13.0 Å². The van der Waals surface area contributed by atoms with E-state index in [0.29, 0.717) is 23.3 Å². The van der Waals surface area contributed by atoms with Crippen LogP contribution in [0, 0.1) is 0 Å². The summed E-state index contributed by atoms with van der Waals surface area (Å²) < 4.78 is 22.1. The van der Waals surface area contributed by atoms with Gasteiger partial charge in [-0.15, -0.1) is 0 Å². The summed E-state index contributed by atoms with van der Waals surface area (Å²) in [7, 11) is 0. The van der Waals surface area contributed by atoms with E-state index in [4.69, 9.17) is 18.6 Å². The van der Waals surface area contributed by atoms with E-state index in [1.165, 1.54) is 0 Å². The van der Waals surface area contributed by atoms with Crippen LogP contribution >= 0.6 is 0 Å². The second-order valence-electron chi connectivity index (χ2n) is 5.85. The maximum atomic E-state index is 12.6. The molecule has 0 aliphatic carbocycles. The fourth-order valence-electron chi connectivity index (χ4n) is 3.08. The lowest BCUT2D eigenvalue weighted by atomic mass is 9.77. The Morgan fingerprint density at radius 1 is 1.29 bits per heavy atom. The molecule has 0 radical (unpaired) electrons. The van der Waals surface area contributed by atoms with Crippen molar-refractivity contribution in [3.63, 3.8) is 0 Å². The van der Waals surface area contributed by atoms with Gasteiger partial charge in [-0.2, -0.15) is 0 Å². The third-order valence-electron chi connectivity index (χ3n) is 4.22. The van der Waals surface area contributed by atoms with Crippen LogP contribution in [-0.4, -0.2) is 25.5 Å². The van der Waals surface area contributed by atoms with Crippen molar-refractivity contribution in [3.8, 4) is 5.75 Å². The molecule has 1 aliphatic rings. The number of esters is 1. The van der Waals surface area contributed by atoms with E-state index in [2.05, 4.69) is 0 Å². The largest absolute Gasteiger partial charge is 0.465 e. The second-order valence-corrected chi connectivity index (χ2v) is 5.85. The van der Waals surface area contributed by atoms with Gasteiger partial charge in [0.15, 0.2) is 0 Å². The van der Waals surface area contributed by atoms with Crippen molar-refractivity contribution < 1.29 is 23.4 Å². The molecule has 2 aromatic rings. The quantitative estimate of drug-likeness (QED) is 0.633. The van der Waals surface area contributed by atoms with Gasteiger partial charge in [0.1, 0.15) is 16.7 Å². The van der Waals surface area contributed by atoms with Gasteiger partial charge in [0.05, 0.1) is 17.6 Å². The summed E-state index contributed by atoms with van der Waals surface area (Å²) in [5, 5.41) is 0.632. The number of hydrogen-bond acceptors (Lipinski definition) is 6. The minimum atomic E-state index is -1.19. The minimum Gasteiger partial charge on any atom is -0.465 e. The van der Waals surface area contributed by atoms with Gasteiger partial charge in [-0.3, -0.25) is 4.79 Å². The van der Waals surface area contributed by atoms with E-state index < -0.39 is 23.3 Å². The predicted molar refractivity (Wildman–Crippen MR) is 87.1 cm³/mol. The summed E-state index contributed by atoms with van der Waals surface area (Å²) in [5.41, 5.74) is -1.18. The molecule has 0 N–H and O–H groups in total. The molecule has 6 heteroatoms. The summed E-state index contributed by atoms with van der Waals surface area (Å²) in [6.07, 6.45) is -0.447. The van der Waals surface area contributed by atoms with Crippen LogP contribution in [0.15, 0.2) is 33.5 Å². The highest BCUT2D eigenvalue weighted by molar-refractivity contribution is 5.90. The molecule has 3 rings (SSSR count). The Morgan fingerprint density at radius 3 is 2.75 bits per heavy atom. The Bertz CT molecular complexity index is 824. The standard InChI is InChI=1S/C18H20O6/c1-4-21-13-10-18(3,17(20)22-5-2)14-15(24-13)11-8-6-7-9-12(11)23-16(14)19/h6-9,13H,4-5,10H2,1-3H3/t13-,18-/m1/s1. The zero-order chi connectivity index (χ0) is 17.3. The predicted octanol–water partition coefficient (Wildman–Crippen LogP) is 2.76. The lowest BCUT2D eigenvalue weighted by Crippen LogP contribution is -2.47. The van der Waals surface area contributed by atoms with Gasteiger partial charge in [-0.25, -0.2) is 4.79 Å². The highest BCUT2D eigenvalue weighted by Crippen LogP contribution is 2.43. The topological polar surface area (TPSA) is 75.0 Å². The van der Waals surface area contributed by atoms with Crippen LogP contribution < -0.4 is 10.4 Å². The molecule has 128 valence electrons. The molecular formula is C18H20O6. The lowest BCUT2D eigenvalue weighted by molar-refractivity contribution is -0.159. The smallest absolute Gasteiger partial charge is 0.344 e. The minimum absolute atomic E-state index is 0.190. The van der Waals surface area contributed by atoms with E-state index >= 15 is 0 Å². The molecule has 0 spiro atoms. The number of carbonyl (C=O) groups is 1. The molecule has 0 unspecified atom stereocenters. The Balaban J connectivity index is 2.26. The number of hydrogen-bond donors (Lipinski definition) is 0. The molecule has 0 saturated carbocycles. The molecular weight excluding hydrogens is 312 g/mol. The highest BCUT2D eigenvalue weighted by Gasteiger charge is 2.49. The zero-order valence-corrected chi connectivity index (χ0v) is 14.0. The third-order valence-corrected chi connectivity index (χ3v) is 4.22. The first-order valence-electron chi connectivity index (χ1n) is 8.03. The van der Waals surface area contributed by atoms with Crippen LogP contribution in [-0.2, 0) is 19.7 Å². The van der Waals surface area contributed by atoms with Gasteiger partial charge in [-0.1, -0.05) is 12.1 Å². The molecule has 2 heterocycles. The lowest BCUT2D eigenvalue weighted by Gasteiger charge is -2.36. The van der Waals surface area contributed by atoms with Crippen LogP contribution in [0.4, 0.5) is 0 Å². The van der Waals surface area contributed by atoms with Crippen LogP contribution in [0.1, 0.15) is 32.8 Å². The van der Waals surface area contributed by atoms with E-state index in [1.54, 1.807) is 32.0 Å². The SMILES string of the molecule is CCOC(=O)[C@]1(C)C[C@H](OCC)Oc2c1c(=O)oc1ccccc21. The number of ether oxygens (including phenoxy) is 3. The van der Waals surface area contributed by atoms with Crippen molar-refractivity contribution in [1.82, 2.24) is 0 Å². The monoisotopic (exact) mass is 332 g/mol. The number of fused-ring (bicyclic) bond motifs is 3. The van der Waals surface area contributed by atoms with Crippen molar-refractivity contribution in [2.75, 3.05) is 13.2 Å². The number of para-hydroxylation sites is 1. The summed E-state index contributed by atoms with van der Waals surface area (Å²) in [6.45, 7) is 5.90. The molecule has 2 atom stereocenters. The molecule has 0 fully saturated rings. The first kappa shape index (κ1) is 16.5. The maximum Gasteiger partial charge on any atom is 0.344 e. The fourth-order valence-corrected chi connectivity index (χ4v) is 3.08. The zero-order valence-electron chi connectivity index (χ0n) is 14.0. The Labute approximate surface area is 139 Å². The summed E-state index contributed by atoms with van der Waals surface area (Å²) in [4.78, 5) is 25.2. The van der Waals surface area contributed by atoms with Gasteiger partial charge in [0.25, 0.3) is 0 Å². The summed E-state index contributed by atoms with van der Waals surface area (Å²) in [5.74, 6) is -0.149. The van der Waals surface area contributed by atoms with Crippen LogP contribution in [0.5, 0.6) is 5.75 Å². The Morgan fingerprint density at radius 2 is 2.04 bits per heavy atom. The molecule has 1 aliphatic heterocycles. The first-order chi connectivity index (χ1) is 11.5. The average molecular weight is 332 g/mol. The molecule has 6 nitrogen and oxygen atoms in total. The van der Waals surface area contributed by atoms with Gasteiger partial charge < -0.3 is 18.6 Å². The molecule has 0 bridgehead atoms. The molecule has 24 heavy (non-hydrogen) atoms. The number of carbonyl (C=O) groups excluding carboxylic acids is 1. The van der Waals surface area contributed by atoms with Gasteiger partial charge in [0, 0.05) is 13.0 Å². The number of benzene rings is 1. The van der Waals surface area contributed by atoms with E-state index in [-0.39, 0.29) is 18.6 Å². The molecule has 1 aromatic heterocycles. The van der Waals surface area contributed by atoms with Crippen LogP contribution in [0.2, 0.25) is 0 Å². The Kier molecular flexibility index (Phi) is 4.32. The first-order valence-corrected chi connectivity index (χ1v) is 8.03. The highest BCUT2D eigenvalue weighted by atomic mass is 16.7. The van der Waals surface area contributed by atoms with Crippen molar-refractivity contribution in [3.05, 3.63) is 40.2 Å². The molecule has 0 amide bonds. The normalized spacial score (nSPS) is 22.7. The Hall–Kier alpha value is -2.34. The fraction of sp³-hybridized carbons (Fsp3) is 0.444. The van der Waals surface area contributed by atoms with Gasteiger partial charge >= 0.3 is 11.6 Å². The van der Waals surface area contributed by atoms with Crippen LogP contribution in [0.3, 0.4) is 0 Å². The molecule has 1 aromatic carbocycles. The average Bonchev–Trinajstić information content (AvgIpc) is 2.55. The summed E-state index contributed by atoms with van der Waals surface area (Å²) in [6, 6.07) is 7.06. The van der Waals surface area contributed by atoms with Crippen molar-refractivity contribution in [2.45, 2.75) is 38.9 Å². The third kappa shape index (κ3) is 2.57. The van der Waals surface area contributed by atoms with E-state index in [0.717, 1.165) is 0 Å². The molecule has 0 saturated heterocycles. The van der Waals surface area contributed by atoms with Gasteiger partial charge in [0.2, 0.25) is 6.29 Å². The maximum absolute atomic E-state index is 12.6. The number of rotatable bonds is 4. The summed E-state index contributed by atoms with van der Waals surface area (Å²) >= 11 is 0. The van der Waals surface area contributed by atoms with E-state index in [9.17, 15) is 9.59 Å². The van der Waals surface area contributed by atoms with Crippen molar-refractivity contribution in [2.24, 2.45) is 0 Å².